The Bertz CT molecular complexity index is 276. The maximum absolute atomic E-state index is 10.4. The van der Waals surface area contributed by atoms with Crippen molar-refractivity contribution < 1.29 is 4.79 Å². The summed E-state index contributed by atoms with van der Waals surface area (Å²) in [6.07, 6.45) is 6.83. The van der Waals surface area contributed by atoms with E-state index in [9.17, 15) is 4.79 Å². The lowest BCUT2D eigenvalue weighted by Crippen LogP contribution is -2.32. The average Bonchev–Trinajstić information content (AvgIpc) is 3.13. The summed E-state index contributed by atoms with van der Waals surface area (Å²) in [6.45, 7) is 2.40. The number of primary amides is 1. The number of unbranched alkanes of at least 4 members (excludes halogenated alkanes) is 3. The van der Waals surface area contributed by atoms with Crippen molar-refractivity contribution >= 4 is 12.0 Å². The van der Waals surface area contributed by atoms with E-state index in [1.807, 2.05) is 0 Å². The van der Waals surface area contributed by atoms with Crippen LogP contribution in [0.2, 0.25) is 0 Å². The molecular formula is C12H25N5O. The molecule has 0 aliphatic heterocycles. The quantitative estimate of drug-likeness (QED) is 0.274. The fourth-order valence-electron chi connectivity index (χ4n) is 1.62. The van der Waals surface area contributed by atoms with Crippen molar-refractivity contribution in [3.8, 4) is 0 Å². The summed E-state index contributed by atoms with van der Waals surface area (Å²) in [4.78, 5) is 14.7. The molecule has 0 unspecified atom stereocenters. The largest absolute Gasteiger partial charge is 0.370 e. The van der Waals surface area contributed by atoms with Crippen LogP contribution in [-0.4, -0.2) is 31.6 Å². The van der Waals surface area contributed by atoms with Crippen LogP contribution in [0.25, 0.3) is 0 Å². The Balaban J connectivity index is 1.82. The highest BCUT2D eigenvalue weighted by molar-refractivity contribution is 5.77. The molecule has 6 heteroatoms. The zero-order chi connectivity index (χ0) is 13.2. The molecule has 0 aromatic rings. The molecule has 0 bridgehead atoms. The normalized spacial score (nSPS) is 15.4. The Morgan fingerprint density at radius 3 is 2.22 bits per heavy atom. The molecule has 0 heterocycles. The predicted molar refractivity (Wildman–Crippen MR) is 73.3 cm³/mol. The number of hydrogen-bond donors (Lipinski definition) is 4. The number of aliphatic imine (C=N–C) groups is 1. The summed E-state index contributed by atoms with van der Waals surface area (Å²) in [6, 6.07) is -0.448. The third-order valence-electron chi connectivity index (χ3n) is 2.93. The van der Waals surface area contributed by atoms with E-state index in [2.05, 4.69) is 15.6 Å². The second kappa shape index (κ2) is 8.60. The summed E-state index contributed by atoms with van der Waals surface area (Å²) in [5.41, 5.74) is 10.7. The van der Waals surface area contributed by atoms with E-state index < -0.39 is 6.03 Å². The number of rotatable bonds is 9. The van der Waals surface area contributed by atoms with E-state index in [0.29, 0.717) is 12.5 Å². The maximum atomic E-state index is 10.4. The molecule has 1 fully saturated rings. The van der Waals surface area contributed by atoms with E-state index >= 15 is 0 Å². The van der Waals surface area contributed by atoms with E-state index in [1.165, 1.54) is 12.8 Å². The number of carbonyl (C=O) groups is 1. The van der Waals surface area contributed by atoms with Gasteiger partial charge in [0, 0.05) is 19.6 Å². The summed E-state index contributed by atoms with van der Waals surface area (Å²) < 4.78 is 0. The van der Waals surface area contributed by atoms with Crippen molar-refractivity contribution in [2.45, 2.75) is 38.5 Å². The van der Waals surface area contributed by atoms with Crippen LogP contribution in [0.1, 0.15) is 38.5 Å². The third-order valence-corrected chi connectivity index (χ3v) is 2.93. The molecule has 0 atom stereocenters. The topological polar surface area (TPSA) is 106 Å². The van der Waals surface area contributed by atoms with Crippen LogP contribution in [0.3, 0.4) is 0 Å². The maximum Gasteiger partial charge on any atom is 0.312 e. The average molecular weight is 255 g/mol. The lowest BCUT2D eigenvalue weighted by atomic mass is 10.2. The summed E-state index contributed by atoms with van der Waals surface area (Å²) >= 11 is 0. The van der Waals surface area contributed by atoms with Gasteiger partial charge in [0.2, 0.25) is 0 Å². The minimum absolute atomic E-state index is 0.448. The Labute approximate surface area is 109 Å². The van der Waals surface area contributed by atoms with Gasteiger partial charge in [-0.05, 0) is 31.6 Å². The molecule has 2 amide bonds. The van der Waals surface area contributed by atoms with Gasteiger partial charge >= 0.3 is 6.03 Å². The Morgan fingerprint density at radius 2 is 1.67 bits per heavy atom. The highest BCUT2D eigenvalue weighted by Gasteiger charge is 2.20. The van der Waals surface area contributed by atoms with Crippen molar-refractivity contribution in [1.82, 2.24) is 10.6 Å². The van der Waals surface area contributed by atoms with Gasteiger partial charge in [-0.25, -0.2) is 4.79 Å². The smallest absolute Gasteiger partial charge is 0.312 e. The fraction of sp³-hybridized carbons (Fsp3) is 0.833. The third kappa shape index (κ3) is 8.66. The van der Waals surface area contributed by atoms with Gasteiger partial charge in [-0.1, -0.05) is 12.8 Å². The van der Waals surface area contributed by atoms with Crippen LogP contribution in [0.15, 0.2) is 4.99 Å². The van der Waals surface area contributed by atoms with Gasteiger partial charge in [-0.2, -0.15) is 0 Å². The summed E-state index contributed by atoms with van der Waals surface area (Å²) in [5, 5.41) is 5.68. The number of guanidine groups is 1. The highest BCUT2D eigenvalue weighted by atomic mass is 16.2. The first kappa shape index (κ1) is 14.6. The molecule has 1 saturated carbocycles. The molecule has 104 valence electrons. The van der Waals surface area contributed by atoms with Crippen LogP contribution in [0, 0.1) is 5.92 Å². The minimum atomic E-state index is -0.448. The lowest BCUT2D eigenvalue weighted by molar-refractivity contribution is 0.248. The predicted octanol–water partition coefficient (Wildman–Crippen LogP) is 0.529. The van der Waals surface area contributed by atoms with Crippen molar-refractivity contribution in [2.24, 2.45) is 22.4 Å². The highest BCUT2D eigenvalue weighted by Crippen LogP contribution is 2.28. The van der Waals surface area contributed by atoms with Crippen LogP contribution in [-0.2, 0) is 0 Å². The van der Waals surface area contributed by atoms with Crippen LogP contribution < -0.4 is 22.1 Å². The number of nitrogens with zero attached hydrogens (tertiary/aromatic N) is 1. The molecule has 1 aliphatic rings. The SMILES string of the molecule is NC(=O)NCCCCCCNC(N)=NCC1CC1. The standard InChI is InChI=1S/C12H25N5O/c13-11(17-9-10-5-6-10)15-7-3-1-2-4-8-16-12(14)18/h10H,1-9H2,(H3,13,15,17)(H3,14,16,18). The monoisotopic (exact) mass is 255 g/mol. The number of amides is 2. The number of nitrogens with two attached hydrogens (primary N) is 2. The second-order valence-electron chi connectivity index (χ2n) is 4.80. The van der Waals surface area contributed by atoms with Crippen LogP contribution in [0.4, 0.5) is 4.79 Å². The number of nitrogens with one attached hydrogen (secondary N) is 2. The fourth-order valence-corrected chi connectivity index (χ4v) is 1.62. The van der Waals surface area contributed by atoms with Crippen molar-refractivity contribution in [2.75, 3.05) is 19.6 Å². The first-order chi connectivity index (χ1) is 8.68. The zero-order valence-corrected chi connectivity index (χ0v) is 11.0. The van der Waals surface area contributed by atoms with Crippen molar-refractivity contribution in [1.29, 1.82) is 0 Å². The number of hydrogen-bond acceptors (Lipinski definition) is 2. The second-order valence-corrected chi connectivity index (χ2v) is 4.80. The molecular weight excluding hydrogens is 230 g/mol. The summed E-state index contributed by atoms with van der Waals surface area (Å²) in [5.74, 6) is 1.35. The lowest BCUT2D eigenvalue weighted by Gasteiger charge is -2.05. The number of urea groups is 1. The van der Waals surface area contributed by atoms with Gasteiger partial charge < -0.3 is 22.1 Å². The van der Waals surface area contributed by atoms with Crippen molar-refractivity contribution in [3.05, 3.63) is 0 Å². The molecule has 0 spiro atoms. The van der Waals surface area contributed by atoms with Gasteiger partial charge in [-0.15, -0.1) is 0 Å². The first-order valence-electron chi connectivity index (χ1n) is 6.75. The van der Waals surface area contributed by atoms with Crippen LogP contribution >= 0.6 is 0 Å². The van der Waals surface area contributed by atoms with E-state index in [-0.39, 0.29) is 0 Å². The Hall–Kier alpha value is -1.46. The minimum Gasteiger partial charge on any atom is -0.370 e. The Morgan fingerprint density at radius 1 is 1.06 bits per heavy atom. The molecule has 0 aromatic carbocycles. The van der Waals surface area contributed by atoms with Gasteiger partial charge in [0.25, 0.3) is 0 Å². The molecule has 1 aliphatic carbocycles. The van der Waals surface area contributed by atoms with Gasteiger partial charge in [-0.3, -0.25) is 4.99 Å². The first-order valence-corrected chi connectivity index (χ1v) is 6.75. The Kier molecular flexibility index (Phi) is 6.98. The zero-order valence-electron chi connectivity index (χ0n) is 11.0. The molecule has 0 radical (unpaired) electrons. The van der Waals surface area contributed by atoms with Crippen LogP contribution in [0.5, 0.6) is 0 Å². The molecule has 18 heavy (non-hydrogen) atoms. The molecule has 6 nitrogen and oxygen atoms in total. The molecule has 0 aromatic heterocycles. The van der Waals surface area contributed by atoms with Gasteiger partial charge in [0.05, 0.1) is 0 Å². The van der Waals surface area contributed by atoms with Gasteiger partial charge in [0.1, 0.15) is 0 Å². The van der Waals surface area contributed by atoms with Gasteiger partial charge in [0.15, 0.2) is 5.96 Å². The number of carbonyl (C=O) groups excluding carboxylic acids is 1. The molecule has 6 N–H and O–H groups in total. The molecule has 1 rings (SSSR count). The molecule has 0 saturated heterocycles. The van der Waals surface area contributed by atoms with Crippen molar-refractivity contribution in [3.63, 3.8) is 0 Å². The van der Waals surface area contributed by atoms with E-state index in [4.69, 9.17) is 11.5 Å². The van der Waals surface area contributed by atoms with E-state index in [1.54, 1.807) is 0 Å². The van der Waals surface area contributed by atoms with E-state index in [0.717, 1.165) is 44.7 Å². The summed E-state index contributed by atoms with van der Waals surface area (Å²) in [7, 11) is 0.